The lowest BCUT2D eigenvalue weighted by Crippen LogP contribution is -2.70. The van der Waals surface area contributed by atoms with E-state index in [2.05, 4.69) is 0 Å². The third-order valence-electron chi connectivity index (χ3n) is 3.30. The van der Waals surface area contributed by atoms with Crippen molar-refractivity contribution in [2.45, 2.75) is 49.4 Å². The van der Waals surface area contributed by atoms with Crippen molar-refractivity contribution in [3.05, 3.63) is 0 Å². The summed E-state index contributed by atoms with van der Waals surface area (Å²) in [4.78, 5) is 0. The van der Waals surface area contributed by atoms with Gasteiger partial charge in [-0.1, -0.05) is 0 Å². The second-order valence-electron chi connectivity index (χ2n) is 4.97. The van der Waals surface area contributed by atoms with Crippen LogP contribution in [0.3, 0.4) is 0 Å². The molecular weight excluding hydrogens is 232 g/mol. The quantitative estimate of drug-likeness (QED) is 0.281. The van der Waals surface area contributed by atoms with E-state index in [1.807, 2.05) is 0 Å². The van der Waals surface area contributed by atoms with Gasteiger partial charge in [0.1, 0.15) is 23.4 Å². The topological polar surface area (TPSA) is 121 Å². The zero-order valence-corrected chi connectivity index (χ0v) is 12.0. The lowest BCUT2D eigenvalue weighted by molar-refractivity contribution is -0.248. The number of aliphatic hydroxyl groups is 6. The lowest BCUT2D eigenvalue weighted by atomic mass is 9.76. The predicted octanol–water partition coefficient (Wildman–Crippen LogP) is -3.72. The van der Waals surface area contributed by atoms with Crippen LogP contribution in [0.15, 0.2) is 0 Å². The van der Waals surface area contributed by atoms with E-state index in [1.165, 1.54) is 13.8 Å². The summed E-state index contributed by atoms with van der Waals surface area (Å²) in [7, 11) is 0.151. The third-order valence-corrected chi connectivity index (χ3v) is 4.28. The average molecular weight is 254 g/mol. The first-order chi connectivity index (χ1) is 6.89. The summed E-state index contributed by atoms with van der Waals surface area (Å²) in [6.07, 6.45) is -3.36. The largest absolute Gasteiger partial charge is 0.394 e. The van der Waals surface area contributed by atoms with Gasteiger partial charge in [-0.25, -0.2) is 0 Å². The summed E-state index contributed by atoms with van der Waals surface area (Å²) >= 11 is 0. The van der Waals surface area contributed by atoms with Crippen molar-refractivity contribution in [2.24, 2.45) is 0 Å². The molecule has 0 aliphatic heterocycles. The Labute approximate surface area is 97.6 Å². The SMILES string of the molecule is CC(O)([SiH3])[C@@](C)(O)[C@@](C)(O)[C@H](O)[C@H](O)CO. The van der Waals surface area contributed by atoms with Crippen LogP contribution in [-0.4, -0.2) is 76.1 Å². The van der Waals surface area contributed by atoms with Gasteiger partial charge in [-0.05, 0) is 20.8 Å². The summed E-state index contributed by atoms with van der Waals surface area (Å²) < 4.78 is 0. The molecule has 6 nitrogen and oxygen atoms in total. The highest BCUT2D eigenvalue weighted by atomic mass is 28.1. The second-order valence-corrected chi connectivity index (χ2v) is 6.92. The highest BCUT2D eigenvalue weighted by Gasteiger charge is 2.56. The Morgan fingerprint density at radius 1 is 1.06 bits per heavy atom. The molecule has 0 aromatic rings. The van der Waals surface area contributed by atoms with Gasteiger partial charge in [0.05, 0.1) is 11.8 Å². The zero-order valence-electron chi connectivity index (χ0n) is 10.0. The molecule has 1 unspecified atom stereocenters. The predicted molar refractivity (Wildman–Crippen MR) is 60.9 cm³/mol. The molecule has 0 bridgehead atoms. The molecule has 98 valence electrons. The number of hydrogen-bond acceptors (Lipinski definition) is 6. The zero-order chi connectivity index (χ0) is 13.4. The first kappa shape index (κ1) is 16.0. The molecule has 0 aliphatic carbocycles. The summed E-state index contributed by atoms with van der Waals surface area (Å²) in [5.41, 5.74) is -4.16. The van der Waals surface area contributed by atoms with Crippen molar-refractivity contribution in [1.29, 1.82) is 0 Å². The van der Waals surface area contributed by atoms with Gasteiger partial charge in [0.15, 0.2) is 0 Å². The van der Waals surface area contributed by atoms with Crippen molar-refractivity contribution in [1.82, 2.24) is 0 Å². The maximum atomic E-state index is 10.1. The fraction of sp³-hybridized carbons (Fsp3) is 1.00. The molecule has 0 saturated heterocycles. The average Bonchev–Trinajstić information content (AvgIpc) is 2.13. The Morgan fingerprint density at radius 3 is 1.69 bits per heavy atom. The molecule has 5 atom stereocenters. The molecule has 0 rings (SSSR count). The van der Waals surface area contributed by atoms with Crippen molar-refractivity contribution in [2.75, 3.05) is 6.61 Å². The standard InChI is InChI=1S/C9H22O6Si/c1-7(13,6(12)5(11)4-10)8(2,14)9(3,15)16/h5-6,10-15H,4H2,1-3,16H3/t5-,6-,7+,8+,9?/m1/s1. The van der Waals surface area contributed by atoms with Crippen molar-refractivity contribution < 1.29 is 30.6 Å². The number of rotatable bonds is 5. The van der Waals surface area contributed by atoms with Crippen LogP contribution in [0, 0.1) is 0 Å². The fourth-order valence-electron chi connectivity index (χ4n) is 1.38. The van der Waals surface area contributed by atoms with Crippen molar-refractivity contribution in [3.63, 3.8) is 0 Å². The monoisotopic (exact) mass is 254 g/mol. The molecule has 6 N–H and O–H groups in total. The Morgan fingerprint density at radius 2 is 1.44 bits per heavy atom. The minimum atomic E-state index is -2.15. The molecule has 0 amide bonds. The molecule has 0 heterocycles. The Bertz CT molecular complexity index is 235. The van der Waals surface area contributed by atoms with Gasteiger partial charge in [0, 0.05) is 10.2 Å². The maximum Gasteiger partial charge on any atom is 0.121 e. The van der Waals surface area contributed by atoms with E-state index in [1.54, 1.807) is 0 Å². The van der Waals surface area contributed by atoms with Crippen LogP contribution in [0.4, 0.5) is 0 Å². The van der Waals surface area contributed by atoms with Crippen LogP contribution in [0.1, 0.15) is 20.8 Å². The molecule has 16 heavy (non-hydrogen) atoms. The van der Waals surface area contributed by atoms with E-state index in [0.717, 1.165) is 6.92 Å². The molecule has 0 spiro atoms. The van der Waals surface area contributed by atoms with Crippen LogP contribution >= 0.6 is 0 Å². The molecular formula is C9H22O6Si. The fourth-order valence-corrected chi connectivity index (χ4v) is 1.89. The Balaban J connectivity index is 5.19. The van der Waals surface area contributed by atoms with Gasteiger partial charge >= 0.3 is 0 Å². The van der Waals surface area contributed by atoms with Gasteiger partial charge in [0.2, 0.25) is 0 Å². The lowest BCUT2D eigenvalue weighted by Gasteiger charge is -2.49. The van der Waals surface area contributed by atoms with E-state index in [9.17, 15) is 25.5 Å². The summed E-state index contributed by atoms with van der Waals surface area (Å²) in [5, 5.41) is 55.9. The van der Waals surface area contributed by atoms with Crippen LogP contribution < -0.4 is 0 Å². The molecule has 7 heteroatoms. The molecule has 0 radical (unpaired) electrons. The number of hydrogen-bond donors (Lipinski definition) is 6. The minimum Gasteiger partial charge on any atom is -0.394 e. The first-order valence-electron chi connectivity index (χ1n) is 5.03. The van der Waals surface area contributed by atoms with E-state index >= 15 is 0 Å². The highest BCUT2D eigenvalue weighted by molar-refractivity contribution is 6.15. The summed E-state index contributed by atoms with van der Waals surface area (Å²) in [6, 6.07) is 0. The van der Waals surface area contributed by atoms with Gasteiger partial charge in [-0.3, -0.25) is 0 Å². The third kappa shape index (κ3) is 2.62. The molecule has 0 aromatic carbocycles. The van der Waals surface area contributed by atoms with Gasteiger partial charge in [-0.15, -0.1) is 0 Å². The van der Waals surface area contributed by atoms with Crippen LogP contribution in [0.5, 0.6) is 0 Å². The van der Waals surface area contributed by atoms with Crippen LogP contribution in [-0.2, 0) is 0 Å². The van der Waals surface area contributed by atoms with Crippen molar-refractivity contribution >= 4 is 10.2 Å². The van der Waals surface area contributed by atoms with E-state index < -0.39 is 35.2 Å². The van der Waals surface area contributed by atoms with E-state index in [4.69, 9.17) is 5.11 Å². The number of aliphatic hydroxyl groups excluding tert-OH is 3. The maximum absolute atomic E-state index is 10.1. The highest BCUT2D eigenvalue weighted by Crippen LogP contribution is 2.34. The Hall–Kier alpha value is -0.0231. The van der Waals surface area contributed by atoms with E-state index in [0.29, 0.717) is 0 Å². The van der Waals surface area contributed by atoms with Crippen molar-refractivity contribution in [3.8, 4) is 0 Å². The van der Waals surface area contributed by atoms with Crippen LogP contribution in [0.2, 0.25) is 0 Å². The van der Waals surface area contributed by atoms with E-state index in [-0.39, 0.29) is 10.2 Å². The van der Waals surface area contributed by atoms with Gasteiger partial charge in [0.25, 0.3) is 0 Å². The van der Waals surface area contributed by atoms with Crippen LogP contribution in [0.25, 0.3) is 0 Å². The van der Waals surface area contributed by atoms with Gasteiger partial charge in [-0.2, -0.15) is 0 Å². The molecule has 0 saturated carbocycles. The van der Waals surface area contributed by atoms with Gasteiger partial charge < -0.3 is 30.6 Å². The smallest absolute Gasteiger partial charge is 0.121 e. The summed E-state index contributed by atoms with van der Waals surface area (Å²) in [6.45, 7) is 2.85. The normalized spacial score (nSPS) is 27.6. The minimum absolute atomic E-state index is 0.151. The molecule has 0 fully saturated rings. The molecule has 0 aromatic heterocycles. The Kier molecular flexibility index (Phi) is 4.68. The molecule has 0 aliphatic rings. The first-order valence-corrected chi connectivity index (χ1v) is 6.03. The summed E-state index contributed by atoms with van der Waals surface area (Å²) in [5.74, 6) is 0. The second kappa shape index (κ2) is 4.69.